The summed E-state index contributed by atoms with van der Waals surface area (Å²) in [7, 11) is 1.68. The normalized spacial score (nSPS) is 24.8. The number of rotatable bonds is 2. The Morgan fingerprint density at radius 2 is 2.25 bits per heavy atom. The van der Waals surface area contributed by atoms with Gasteiger partial charge < -0.3 is 10.1 Å². The van der Waals surface area contributed by atoms with Gasteiger partial charge in [0.05, 0.1) is 13.2 Å². The summed E-state index contributed by atoms with van der Waals surface area (Å²) >= 11 is 0. The zero-order valence-electron chi connectivity index (χ0n) is 9.44. The molecule has 2 rings (SSSR count). The van der Waals surface area contributed by atoms with Crippen molar-refractivity contribution in [2.24, 2.45) is 5.92 Å². The number of piperidine rings is 1. The fourth-order valence-electron chi connectivity index (χ4n) is 2.23. The van der Waals surface area contributed by atoms with Gasteiger partial charge in [0.15, 0.2) is 0 Å². The molecule has 0 aliphatic carbocycles. The minimum absolute atomic E-state index is 0.163. The molecule has 2 unspecified atom stereocenters. The molecule has 1 aliphatic heterocycles. The molecule has 3 heteroatoms. The lowest BCUT2D eigenvalue weighted by Gasteiger charge is -2.28. The van der Waals surface area contributed by atoms with E-state index in [1.54, 1.807) is 7.11 Å². The highest BCUT2D eigenvalue weighted by molar-refractivity contribution is 5.36. The van der Waals surface area contributed by atoms with Crippen LogP contribution in [-0.2, 0) is 0 Å². The minimum atomic E-state index is 0.163. The smallest absolute Gasteiger partial charge is 0.123 e. The Kier molecular flexibility index (Phi) is 3.43. The lowest BCUT2D eigenvalue weighted by Crippen LogP contribution is -2.31. The third-order valence-electron chi connectivity index (χ3n) is 3.10. The first-order chi connectivity index (χ1) is 7.85. The van der Waals surface area contributed by atoms with Gasteiger partial charge in [0.25, 0.3) is 0 Å². The van der Waals surface area contributed by atoms with Crippen molar-refractivity contribution in [3.8, 4) is 11.8 Å². The summed E-state index contributed by atoms with van der Waals surface area (Å²) in [5.74, 6) is 1.06. The first-order valence-electron chi connectivity index (χ1n) is 5.61. The summed E-state index contributed by atoms with van der Waals surface area (Å²) in [5, 5.41) is 12.4. The van der Waals surface area contributed by atoms with Crippen LogP contribution in [0.25, 0.3) is 0 Å². The van der Waals surface area contributed by atoms with E-state index in [-0.39, 0.29) is 12.0 Å². The Bertz CT molecular complexity index is 397. The highest BCUT2D eigenvalue weighted by atomic mass is 16.5. The Labute approximate surface area is 96.0 Å². The molecule has 1 N–H and O–H groups in total. The molecule has 0 radical (unpaired) electrons. The molecule has 0 spiro atoms. The number of para-hydroxylation sites is 1. The molecule has 1 aliphatic rings. The summed E-state index contributed by atoms with van der Waals surface area (Å²) in [6, 6.07) is 10.6. The van der Waals surface area contributed by atoms with Gasteiger partial charge in [0.2, 0.25) is 0 Å². The van der Waals surface area contributed by atoms with E-state index >= 15 is 0 Å². The number of ether oxygens (including phenoxy) is 1. The molecule has 84 valence electrons. The van der Waals surface area contributed by atoms with Crippen molar-refractivity contribution in [3.63, 3.8) is 0 Å². The van der Waals surface area contributed by atoms with Crippen molar-refractivity contribution >= 4 is 0 Å². The zero-order chi connectivity index (χ0) is 11.4. The van der Waals surface area contributed by atoms with Crippen molar-refractivity contribution in [3.05, 3.63) is 29.8 Å². The summed E-state index contributed by atoms with van der Waals surface area (Å²) in [6.07, 6.45) is 1.82. The van der Waals surface area contributed by atoms with Gasteiger partial charge in [-0.3, -0.25) is 0 Å². The maximum atomic E-state index is 8.97. The topological polar surface area (TPSA) is 45.0 Å². The fraction of sp³-hybridized carbons (Fsp3) is 0.462. The number of hydrogen-bond acceptors (Lipinski definition) is 3. The second-order valence-corrected chi connectivity index (χ2v) is 4.10. The number of nitrogens with one attached hydrogen (secondary N) is 1. The molecule has 16 heavy (non-hydrogen) atoms. The number of nitrogens with zero attached hydrogens (tertiary/aromatic N) is 1. The summed E-state index contributed by atoms with van der Waals surface area (Å²) in [5.41, 5.74) is 1.16. The van der Waals surface area contributed by atoms with E-state index in [4.69, 9.17) is 10.00 Å². The summed E-state index contributed by atoms with van der Waals surface area (Å²) in [6.45, 7) is 0.904. The van der Waals surface area contributed by atoms with Gasteiger partial charge in [-0.25, -0.2) is 0 Å². The highest BCUT2D eigenvalue weighted by Gasteiger charge is 2.24. The van der Waals surface area contributed by atoms with Crippen molar-refractivity contribution in [2.45, 2.75) is 18.9 Å². The first-order valence-corrected chi connectivity index (χ1v) is 5.61. The molecular weight excluding hydrogens is 200 g/mol. The van der Waals surface area contributed by atoms with Gasteiger partial charge in [-0.2, -0.15) is 5.26 Å². The van der Waals surface area contributed by atoms with E-state index in [0.717, 1.165) is 30.7 Å². The SMILES string of the molecule is COc1ccccc1C1CC(C#N)CCN1. The second-order valence-electron chi connectivity index (χ2n) is 4.10. The lowest BCUT2D eigenvalue weighted by molar-refractivity contribution is 0.340. The molecule has 0 saturated carbocycles. The molecule has 1 saturated heterocycles. The average molecular weight is 216 g/mol. The van der Waals surface area contributed by atoms with Crippen LogP contribution < -0.4 is 10.1 Å². The number of methoxy groups -OCH3 is 1. The third kappa shape index (κ3) is 2.17. The summed E-state index contributed by atoms with van der Waals surface area (Å²) in [4.78, 5) is 0. The van der Waals surface area contributed by atoms with E-state index in [0.29, 0.717) is 0 Å². The maximum Gasteiger partial charge on any atom is 0.123 e. The Morgan fingerprint density at radius 3 is 3.00 bits per heavy atom. The molecule has 0 bridgehead atoms. The predicted octanol–water partition coefficient (Wildman–Crippen LogP) is 2.26. The Hall–Kier alpha value is -1.53. The number of hydrogen-bond donors (Lipinski definition) is 1. The van der Waals surface area contributed by atoms with E-state index in [1.165, 1.54) is 0 Å². The van der Waals surface area contributed by atoms with E-state index in [1.807, 2.05) is 18.2 Å². The van der Waals surface area contributed by atoms with E-state index < -0.39 is 0 Å². The Balaban J connectivity index is 2.20. The van der Waals surface area contributed by atoms with Crippen LogP contribution in [0.1, 0.15) is 24.4 Å². The average Bonchev–Trinajstić information content (AvgIpc) is 2.38. The van der Waals surface area contributed by atoms with Gasteiger partial charge in [0, 0.05) is 17.5 Å². The number of benzene rings is 1. The van der Waals surface area contributed by atoms with Crippen LogP contribution in [0, 0.1) is 17.2 Å². The molecule has 1 aromatic carbocycles. The molecule has 3 nitrogen and oxygen atoms in total. The van der Waals surface area contributed by atoms with Crippen molar-refractivity contribution in [1.82, 2.24) is 5.32 Å². The molecule has 1 aromatic rings. The predicted molar refractivity (Wildman–Crippen MR) is 62.1 cm³/mol. The lowest BCUT2D eigenvalue weighted by atomic mass is 9.89. The quantitative estimate of drug-likeness (QED) is 0.824. The van der Waals surface area contributed by atoms with Crippen LogP contribution in [0.3, 0.4) is 0 Å². The molecular formula is C13H16N2O. The van der Waals surface area contributed by atoms with Crippen molar-refractivity contribution < 1.29 is 4.74 Å². The third-order valence-corrected chi connectivity index (χ3v) is 3.10. The molecule has 0 amide bonds. The van der Waals surface area contributed by atoms with Gasteiger partial charge >= 0.3 is 0 Å². The minimum Gasteiger partial charge on any atom is -0.496 e. The fourth-order valence-corrected chi connectivity index (χ4v) is 2.23. The Morgan fingerprint density at radius 1 is 1.44 bits per heavy atom. The zero-order valence-corrected chi connectivity index (χ0v) is 9.44. The standard InChI is InChI=1S/C13H16N2O/c1-16-13-5-3-2-4-11(13)12-8-10(9-14)6-7-15-12/h2-5,10,12,15H,6-8H2,1H3. The highest BCUT2D eigenvalue weighted by Crippen LogP contribution is 2.32. The van der Waals surface area contributed by atoms with Crippen LogP contribution >= 0.6 is 0 Å². The second kappa shape index (κ2) is 5.00. The van der Waals surface area contributed by atoms with Gasteiger partial charge in [-0.15, -0.1) is 0 Å². The van der Waals surface area contributed by atoms with Crippen LogP contribution in [0.15, 0.2) is 24.3 Å². The molecule has 0 aromatic heterocycles. The largest absolute Gasteiger partial charge is 0.496 e. The van der Waals surface area contributed by atoms with Crippen LogP contribution in [-0.4, -0.2) is 13.7 Å². The summed E-state index contributed by atoms with van der Waals surface area (Å²) < 4.78 is 5.34. The molecule has 1 heterocycles. The molecule has 2 atom stereocenters. The maximum absolute atomic E-state index is 8.97. The number of nitriles is 1. The van der Waals surface area contributed by atoms with Gasteiger partial charge in [-0.1, -0.05) is 18.2 Å². The van der Waals surface area contributed by atoms with Crippen LogP contribution in [0.2, 0.25) is 0 Å². The van der Waals surface area contributed by atoms with Crippen LogP contribution in [0.4, 0.5) is 0 Å². The van der Waals surface area contributed by atoms with E-state index in [2.05, 4.69) is 17.5 Å². The van der Waals surface area contributed by atoms with Crippen molar-refractivity contribution in [1.29, 1.82) is 5.26 Å². The first kappa shape index (κ1) is 11.0. The van der Waals surface area contributed by atoms with Crippen LogP contribution in [0.5, 0.6) is 5.75 Å². The van der Waals surface area contributed by atoms with Gasteiger partial charge in [-0.05, 0) is 25.5 Å². The van der Waals surface area contributed by atoms with E-state index in [9.17, 15) is 0 Å². The van der Waals surface area contributed by atoms with Crippen molar-refractivity contribution in [2.75, 3.05) is 13.7 Å². The monoisotopic (exact) mass is 216 g/mol. The van der Waals surface area contributed by atoms with Gasteiger partial charge in [0.1, 0.15) is 5.75 Å². The molecule has 1 fully saturated rings.